The topological polar surface area (TPSA) is 36.4 Å². The van der Waals surface area contributed by atoms with E-state index in [0.29, 0.717) is 31.9 Å². The minimum atomic E-state index is -4.36. The van der Waals surface area contributed by atoms with Gasteiger partial charge in [-0.05, 0) is 35.9 Å². The van der Waals surface area contributed by atoms with E-state index in [9.17, 15) is 18.0 Å². The van der Waals surface area contributed by atoms with Crippen LogP contribution in [0.5, 0.6) is 0 Å². The predicted octanol–water partition coefficient (Wildman–Crippen LogP) is 6.11. The third kappa shape index (κ3) is 6.51. The number of thioether (sulfide) groups is 1. The van der Waals surface area contributed by atoms with Crippen molar-refractivity contribution >= 4 is 50.6 Å². The predicted molar refractivity (Wildman–Crippen MR) is 130 cm³/mol. The molecule has 0 bridgehead atoms. The Kier molecular flexibility index (Phi) is 7.65. The molecule has 1 aromatic heterocycles. The Bertz CT molecular complexity index is 1100. The molecule has 0 unspecified atom stereocenters. The molecule has 10 heteroatoms. The first-order valence-corrected chi connectivity index (χ1v) is 13.0. The van der Waals surface area contributed by atoms with E-state index >= 15 is 0 Å². The summed E-state index contributed by atoms with van der Waals surface area (Å²) in [4.78, 5) is 21.0. The highest BCUT2D eigenvalue weighted by Crippen LogP contribution is 2.32. The SMILES string of the molecule is O=C(Cc1csc(SCc2ccc(Br)cc2)n1)N1CCN(c2cccc(C(F)(F)F)c2)CC1. The van der Waals surface area contributed by atoms with Gasteiger partial charge in [0.2, 0.25) is 5.91 Å². The van der Waals surface area contributed by atoms with Gasteiger partial charge >= 0.3 is 6.18 Å². The van der Waals surface area contributed by atoms with Crippen molar-refractivity contribution in [2.75, 3.05) is 31.1 Å². The fourth-order valence-electron chi connectivity index (χ4n) is 3.52. The number of carbonyl (C=O) groups excluding carboxylic acids is 1. The van der Waals surface area contributed by atoms with Crippen molar-refractivity contribution in [3.63, 3.8) is 0 Å². The molecule has 1 saturated heterocycles. The molecule has 1 fully saturated rings. The number of carbonyl (C=O) groups is 1. The van der Waals surface area contributed by atoms with E-state index in [1.165, 1.54) is 29.0 Å². The van der Waals surface area contributed by atoms with Crippen LogP contribution in [0.2, 0.25) is 0 Å². The fourth-order valence-corrected chi connectivity index (χ4v) is 5.59. The number of nitrogens with zero attached hydrogens (tertiary/aromatic N) is 3. The maximum absolute atomic E-state index is 13.0. The Labute approximate surface area is 206 Å². The van der Waals surface area contributed by atoms with Gasteiger partial charge in [0.15, 0.2) is 0 Å². The number of alkyl halides is 3. The minimum absolute atomic E-state index is 0.00606. The largest absolute Gasteiger partial charge is 0.416 e. The lowest BCUT2D eigenvalue weighted by Gasteiger charge is -2.36. The first kappa shape index (κ1) is 24.1. The van der Waals surface area contributed by atoms with E-state index in [0.717, 1.165) is 26.3 Å². The molecule has 0 radical (unpaired) electrons. The molecule has 3 aromatic rings. The van der Waals surface area contributed by atoms with Gasteiger partial charge in [0.1, 0.15) is 4.34 Å². The number of aromatic nitrogens is 1. The quantitative estimate of drug-likeness (QED) is 0.344. The molecule has 2 aromatic carbocycles. The summed E-state index contributed by atoms with van der Waals surface area (Å²) in [5.41, 5.74) is 1.83. The van der Waals surface area contributed by atoms with Gasteiger partial charge in [-0.2, -0.15) is 13.2 Å². The number of hydrogen-bond donors (Lipinski definition) is 0. The Morgan fingerprint density at radius 3 is 2.52 bits per heavy atom. The molecule has 1 aliphatic rings. The highest BCUT2D eigenvalue weighted by Gasteiger charge is 2.31. The van der Waals surface area contributed by atoms with Crippen molar-refractivity contribution in [2.45, 2.75) is 22.7 Å². The molecule has 2 heterocycles. The van der Waals surface area contributed by atoms with Gasteiger partial charge < -0.3 is 9.80 Å². The summed E-state index contributed by atoms with van der Waals surface area (Å²) in [6.45, 7) is 1.95. The molecular formula is C23H21BrF3N3OS2. The average Bonchev–Trinajstić information content (AvgIpc) is 3.25. The Morgan fingerprint density at radius 1 is 1.09 bits per heavy atom. The number of hydrogen-bond acceptors (Lipinski definition) is 5. The molecule has 33 heavy (non-hydrogen) atoms. The number of anilines is 1. The van der Waals surface area contributed by atoms with Crippen molar-refractivity contribution in [3.8, 4) is 0 Å². The number of halogens is 4. The number of thiazole rings is 1. The van der Waals surface area contributed by atoms with Crippen LogP contribution in [-0.2, 0) is 23.1 Å². The number of piperazine rings is 1. The van der Waals surface area contributed by atoms with Crippen LogP contribution in [0.1, 0.15) is 16.8 Å². The van der Waals surface area contributed by atoms with E-state index in [4.69, 9.17) is 0 Å². The lowest BCUT2D eigenvalue weighted by Crippen LogP contribution is -2.49. The van der Waals surface area contributed by atoms with Gasteiger partial charge in [0.25, 0.3) is 0 Å². The van der Waals surface area contributed by atoms with Crippen LogP contribution >= 0.6 is 39.0 Å². The monoisotopic (exact) mass is 555 g/mol. The Balaban J connectivity index is 1.27. The van der Waals surface area contributed by atoms with Gasteiger partial charge in [-0.1, -0.05) is 45.9 Å². The third-order valence-electron chi connectivity index (χ3n) is 5.31. The van der Waals surface area contributed by atoms with Crippen LogP contribution in [0, 0.1) is 0 Å². The van der Waals surface area contributed by atoms with Crippen LogP contribution in [0.3, 0.4) is 0 Å². The first-order valence-electron chi connectivity index (χ1n) is 10.3. The van der Waals surface area contributed by atoms with Gasteiger partial charge in [-0.3, -0.25) is 4.79 Å². The number of amides is 1. The van der Waals surface area contributed by atoms with Gasteiger partial charge in [0, 0.05) is 47.5 Å². The van der Waals surface area contributed by atoms with Crippen molar-refractivity contribution in [2.24, 2.45) is 0 Å². The van der Waals surface area contributed by atoms with Gasteiger partial charge in [-0.15, -0.1) is 11.3 Å². The maximum atomic E-state index is 13.0. The second-order valence-corrected chi connectivity index (χ2v) is 10.6. The zero-order valence-corrected chi connectivity index (χ0v) is 20.7. The van der Waals surface area contributed by atoms with Gasteiger partial charge in [-0.25, -0.2) is 4.98 Å². The van der Waals surface area contributed by atoms with E-state index in [2.05, 4.69) is 33.0 Å². The van der Waals surface area contributed by atoms with E-state index in [1.807, 2.05) is 22.4 Å². The smallest absolute Gasteiger partial charge is 0.368 e. The van der Waals surface area contributed by atoms with E-state index in [-0.39, 0.29) is 12.3 Å². The molecule has 4 nitrogen and oxygen atoms in total. The Hall–Kier alpha value is -2.04. The molecule has 0 saturated carbocycles. The first-order chi connectivity index (χ1) is 15.8. The van der Waals surface area contributed by atoms with Crippen LogP contribution in [0.15, 0.2) is 62.7 Å². The molecule has 1 aliphatic heterocycles. The van der Waals surface area contributed by atoms with E-state index in [1.54, 1.807) is 22.7 Å². The summed E-state index contributed by atoms with van der Waals surface area (Å²) in [5.74, 6) is 0.805. The molecular weight excluding hydrogens is 535 g/mol. The second kappa shape index (κ2) is 10.5. The van der Waals surface area contributed by atoms with Gasteiger partial charge in [0.05, 0.1) is 17.7 Å². The summed E-state index contributed by atoms with van der Waals surface area (Å²) >= 11 is 6.61. The summed E-state index contributed by atoms with van der Waals surface area (Å²) in [6, 6.07) is 13.5. The molecule has 1 amide bonds. The zero-order chi connectivity index (χ0) is 23.4. The maximum Gasteiger partial charge on any atom is 0.416 e. The van der Waals surface area contributed by atoms with Crippen molar-refractivity contribution in [1.82, 2.24) is 9.88 Å². The summed E-state index contributed by atoms with van der Waals surface area (Å²) < 4.78 is 40.9. The third-order valence-corrected chi connectivity index (χ3v) is 7.98. The van der Waals surface area contributed by atoms with Crippen molar-refractivity contribution < 1.29 is 18.0 Å². The zero-order valence-electron chi connectivity index (χ0n) is 17.5. The van der Waals surface area contributed by atoms with Crippen molar-refractivity contribution in [1.29, 1.82) is 0 Å². The normalized spacial score (nSPS) is 14.5. The lowest BCUT2D eigenvalue weighted by molar-refractivity contribution is -0.137. The molecule has 174 valence electrons. The molecule has 4 rings (SSSR count). The van der Waals surface area contributed by atoms with Crippen molar-refractivity contribution in [3.05, 3.63) is 75.2 Å². The number of benzene rings is 2. The summed E-state index contributed by atoms with van der Waals surface area (Å²) in [7, 11) is 0. The summed E-state index contributed by atoms with van der Waals surface area (Å²) in [5, 5.41) is 1.92. The highest BCUT2D eigenvalue weighted by atomic mass is 79.9. The molecule has 0 aliphatic carbocycles. The Morgan fingerprint density at radius 2 is 1.82 bits per heavy atom. The number of rotatable bonds is 6. The standard InChI is InChI=1S/C23H21BrF3N3OS2/c24-18-6-4-16(5-7-18)14-32-22-28-19(15-33-22)13-21(31)30-10-8-29(9-11-30)20-3-1-2-17(12-20)23(25,26)27/h1-7,12,15H,8-11,13-14H2. The van der Waals surface area contributed by atoms with Crippen LogP contribution in [0.4, 0.5) is 18.9 Å². The van der Waals surface area contributed by atoms with E-state index < -0.39 is 11.7 Å². The van der Waals surface area contributed by atoms with Crippen LogP contribution in [-0.4, -0.2) is 42.0 Å². The molecule has 0 spiro atoms. The molecule has 0 N–H and O–H groups in total. The van der Waals surface area contributed by atoms with Crippen LogP contribution in [0.25, 0.3) is 0 Å². The lowest BCUT2D eigenvalue weighted by atomic mass is 10.1. The second-order valence-electron chi connectivity index (χ2n) is 7.61. The fraction of sp³-hybridized carbons (Fsp3) is 0.304. The van der Waals surface area contributed by atoms with Crippen LogP contribution < -0.4 is 4.90 Å². The summed E-state index contributed by atoms with van der Waals surface area (Å²) in [6.07, 6.45) is -4.13. The highest BCUT2D eigenvalue weighted by molar-refractivity contribution is 9.10. The minimum Gasteiger partial charge on any atom is -0.368 e. The average molecular weight is 556 g/mol. The molecule has 0 atom stereocenters.